The highest BCUT2D eigenvalue weighted by Gasteiger charge is 2.61. The Bertz CT molecular complexity index is 874. The smallest absolute Gasteiger partial charge is 0.314 e. The molecule has 0 amide bonds. The van der Waals surface area contributed by atoms with Gasteiger partial charge in [-0.1, -0.05) is 60.7 Å². The average molecular weight is 406 g/mol. The Morgan fingerprint density at radius 3 is 2.20 bits per heavy atom. The number of carbonyl (C=O) groups is 2. The minimum Gasteiger partial charge on any atom is -0.461 e. The Labute approximate surface area is 176 Å². The summed E-state index contributed by atoms with van der Waals surface area (Å²) in [7, 11) is 6.07. The summed E-state index contributed by atoms with van der Waals surface area (Å²) < 4.78 is 22.6. The van der Waals surface area contributed by atoms with Gasteiger partial charge in [-0.15, -0.1) is 0 Å². The Kier molecular flexibility index (Phi) is 6.20. The van der Waals surface area contributed by atoms with Crippen LogP contribution in [-0.2, 0) is 41.8 Å². The average Bonchev–Trinajstić information content (AvgIpc) is 2.93. The predicted molar refractivity (Wildman–Crippen MR) is 108 cm³/mol. The molecule has 2 aromatic carbocycles. The Balaban J connectivity index is 1.43. The van der Waals surface area contributed by atoms with Gasteiger partial charge in [0.25, 0.3) is 0 Å². The predicted octanol–water partition coefficient (Wildman–Crippen LogP) is 2.53. The molecule has 2 aromatic rings. The SMILES string of the molecule is [B][C@@H]1O[C@@]2(CC(=O)OCc3ccccc3)CCOC1C2C(=O)OCc1ccccc1. The summed E-state index contributed by atoms with van der Waals surface area (Å²) in [5.41, 5.74) is 0.677. The van der Waals surface area contributed by atoms with Crippen LogP contribution in [0.4, 0.5) is 0 Å². The van der Waals surface area contributed by atoms with Crippen molar-refractivity contribution in [2.75, 3.05) is 6.61 Å². The molecule has 4 rings (SSSR count). The zero-order chi connectivity index (χ0) is 21.0. The maximum atomic E-state index is 13.0. The molecule has 0 spiro atoms. The third-order valence-electron chi connectivity index (χ3n) is 5.59. The van der Waals surface area contributed by atoms with Crippen molar-refractivity contribution >= 4 is 19.8 Å². The minimum absolute atomic E-state index is 0.0848. The first-order valence-electron chi connectivity index (χ1n) is 10.0. The molecular weight excluding hydrogens is 383 g/mol. The molecule has 4 atom stereocenters. The van der Waals surface area contributed by atoms with E-state index in [0.29, 0.717) is 13.0 Å². The number of carbonyl (C=O) groups excluding carboxylic acids is 2. The summed E-state index contributed by atoms with van der Waals surface area (Å²) in [5, 5.41) is 0. The monoisotopic (exact) mass is 406 g/mol. The molecular formula is C23H23BO6. The van der Waals surface area contributed by atoms with Crippen LogP contribution in [0.2, 0.25) is 0 Å². The van der Waals surface area contributed by atoms with Gasteiger partial charge in [0.1, 0.15) is 27.0 Å². The lowest BCUT2D eigenvalue weighted by Crippen LogP contribution is -2.50. The molecule has 2 fully saturated rings. The maximum Gasteiger partial charge on any atom is 0.314 e. The first kappa shape index (κ1) is 20.6. The molecule has 2 heterocycles. The molecule has 6 nitrogen and oxygen atoms in total. The van der Waals surface area contributed by atoms with Gasteiger partial charge in [-0.25, -0.2) is 0 Å². The molecule has 0 aromatic heterocycles. The summed E-state index contributed by atoms with van der Waals surface area (Å²) in [6.45, 7) is 0.643. The van der Waals surface area contributed by atoms with Gasteiger partial charge in [-0.05, 0) is 11.1 Å². The molecule has 2 unspecified atom stereocenters. The van der Waals surface area contributed by atoms with Crippen molar-refractivity contribution in [3.8, 4) is 0 Å². The van der Waals surface area contributed by atoms with E-state index in [2.05, 4.69) is 0 Å². The Morgan fingerprint density at radius 1 is 0.967 bits per heavy atom. The van der Waals surface area contributed by atoms with Crippen LogP contribution in [0.25, 0.3) is 0 Å². The van der Waals surface area contributed by atoms with Gasteiger partial charge in [0.15, 0.2) is 0 Å². The van der Waals surface area contributed by atoms with Crippen molar-refractivity contribution in [1.29, 1.82) is 0 Å². The molecule has 0 saturated carbocycles. The van der Waals surface area contributed by atoms with E-state index in [1.807, 2.05) is 60.7 Å². The number of hydrogen-bond acceptors (Lipinski definition) is 6. The van der Waals surface area contributed by atoms with Crippen LogP contribution < -0.4 is 0 Å². The standard InChI is InChI=1S/C23H23BO6/c24-21-20-19(22(26)29-15-17-9-5-2-6-10-17)23(30-21,11-12-27-20)13-18(25)28-14-16-7-3-1-4-8-16/h1-10,19-21H,11-15H2/t19?,20?,21-,23-/m1/s1. The lowest BCUT2D eigenvalue weighted by atomic mass is 9.76. The van der Waals surface area contributed by atoms with E-state index in [1.165, 1.54) is 0 Å². The molecule has 2 aliphatic rings. The van der Waals surface area contributed by atoms with Crippen LogP contribution in [0.1, 0.15) is 24.0 Å². The molecule has 2 bridgehead atoms. The van der Waals surface area contributed by atoms with E-state index in [0.717, 1.165) is 11.1 Å². The normalized spacial score (nSPS) is 27.4. The topological polar surface area (TPSA) is 71.1 Å². The summed E-state index contributed by atoms with van der Waals surface area (Å²) in [5.74, 6) is -1.71. The van der Waals surface area contributed by atoms with Crippen molar-refractivity contribution in [3.63, 3.8) is 0 Å². The number of hydrogen-bond donors (Lipinski definition) is 0. The molecule has 0 aliphatic carbocycles. The molecule has 2 radical (unpaired) electrons. The van der Waals surface area contributed by atoms with Crippen LogP contribution in [-0.4, -0.2) is 44.1 Å². The molecule has 2 saturated heterocycles. The van der Waals surface area contributed by atoms with Crippen molar-refractivity contribution in [2.24, 2.45) is 5.92 Å². The minimum atomic E-state index is -1.08. The second-order valence-electron chi connectivity index (χ2n) is 7.63. The van der Waals surface area contributed by atoms with E-state index in [9.17, 15) is 9.59 Å². The van der Waals surface area contributed by atoms with E-state index in [4.69, 9.17) is 26.8 Å². The molecule has 7 heteroatoms. The fourth-order valence-corrected chi connectivity index (χ4v) is 4.11. The highest BCUT2D eigenvalue weighted by Crippen LogP contribution is 2.46. The zero-order valence-corrected chi connectivity index (χ0v) is 16.6. The van der Waals surface area contributed by atoms with Gasteiger partial charge < -0.3 is 18.9 Å². The second-order valence-corrected chi connectivity index (χ2v) is 7.63. The fourth-order valence-electron chi connectivity index (χ4n) is 4.11. The highest BCUT2D eigenvalue weighted by molar-refractivity contribution is 6.12. The van der Waals surface area contributed by atoms with Crippen LogP contribution in [0.15, 0.2) is 60.7 Å². The van der Waals surface area contributed by atoms with E-state index in [-0.39, 0.29) is 19.6 Å². The summed E-state index contributed by atoms with van der Waals surface area (Å²) >= 11 is 0. The maximum absolute atomic E-state index is 13.0. The summed E-state index contributed by atoms with van der Waals surface area (Å²) in [6, 6.07) is 18.0. The number of fused-ring (bicyclic) bond motifs is 2. The first-order chi connectivity index (χ1) is 14.6. The number of benzene rings is 2. The third kappa shape index (κ3) is 4.42. The van der Waals surface area contributed by atoms with Crippen LogP contribution in [0.5, 0.6) is 0 Å². The molecule has 154 valence electrons. The summed E-state index contributed by atoms with van der Waals surface area (Å²) in [4.78, 5) is 25.5. The van der Waals surface area contributed by atoms with E-state index < -0.39 is 35.6 Å². The van der Waals surface area contributed by atoms with Gasteiger partial charge in [-0.3, -0.25) is 9.59 Å². The molecule has 0 N–H and O–H groups in total. The zero-order valence-electron chi connectivity index (χ0n) is 16.6. The van der Waals surface area contributed by atoms with Gasteiger partial charge in [0.05, 0.1) is 18.1 Å². The van der Waals surface area contributed by atoms with Crippen LogP contribution in [0, 0.1) is 5.92 Å². The Morgan fingerprint density at radius 2 is 1.57 bits per heavy atom. The van der Waals surface area contributed by atoms with Crippen molar-refractivity contribution in [3.05, 3.63) is 71.8 Å². The van der Waals surface area contributed by atoms with Crippen LogP contribution in [0.3, 0.4) is 0 Å². The van der Waals surface area contributed by atoms with E-state index in [1.54, 1.807) is 0 Å². The lowest BCUT2D eigenvalue weighted by molar-refractivity contribution is -0.172. The van der Waals surface area contributed by atoms with Gasteiger partial charge >= 0.3 is 11.9 Å². The van der Waals surface area contributed by atoms with E-state index >= 15 is 0 Å². The van der Waals surface area contributed by atoms with Gasteiger partial charge in [0, 0.05) is 19.0 Å². The molecule has 2 aliphatic heterocycles. The second kappa shape index (κ2) is 9.02. The highest BCUT2D eigenvalue weighted by atomic mass is 16.6. The quantitative estimate of drug-likeness (QED) is 0.520. The van der Waals surface area contributed by atoms with Crippen molar-refractivity contribution in [2.45, 2.75) is 43.8 Å². The van der Waals surface area contributed by atoms with Gasteiger partial charge in [-0.2, -0.15) is 0 Å². The number of rotatable bonds is 7. The van der Waals surface area contributed by atoms with Gasteiger partial charge in [0.2, 0.25) is 0 Å². The number of esters is 2. The Hall–Kier alpha value is -2.64. The fraction of sp³-hybridized carbons (Fsp3) is 0.391. The van der Waals surface area contributed by atoms with Crippen molar-refractivity contribution in [1.82, 2.24) is 0 Å². The lowest BCUT2D eigenvalue weighted by Gasteiger charge is -2.37. The molecule has 30 heavy (non-hydrogen) atoms. The first-order valence-corrected chi connectivity index (χ1v) is 10.0. The number of ether oxygens (including phenoxy) is 4. The summed E-state index contributed by atoms with van der Waals surface area (Å²) in [6.07, 6.45) is -0.370. The van der Waals surface area contributed by atoms with Crippen LogP contribution >= 0.6 is 0 Å². The largest absolute Gasteiger partial charge is 0.461 e. The third-order valence-corrected chi connectivity index (χ3v) is 5.59. The van der Waals surface area contributed by atoms with Crippen molar-refractivity contribution < 1.29 is 28.5 Å².